The minimum Gasteiger partial charge on any atom is -0.456 e. The molecule has 0 aliphatic carbocycles. The first-order valence-electron chi connectivity index (χ1n) is 10.9. The second kappa shape index (κ2) is 7.39. The lowest BCUT2D eigenvalue weighted by Crippen LogP contribution is -2.09. The van der Waals surface area contributed by atoms with E-state index in [2.05, 4.69) is 105 Å². The molecule has 0 amide bonds. The number of benzene rings is 3. The largest absolute Gasteiger partial charge is 0.456 e. The Labute approximate surface area is 184 Å². The van der Waals surface area contributed by atoms with Crippen molar-refractivity contribution in [3.05, 3.63) is 90.1 Å². The van der Waals surface area contributed by atoms with E-state index in [1.807, 2.05) is 6.20 Å². The summed E-state index contributed by atoms with van der Waals surface area (Å²) < 4.78 is 6.48. The second-order valence-corrected chi connectivity index (χ2v) is 9.60. The van der Waals surface area contributed by atoms with E-state index in [0.717, 1.165) is 45.9 Å². The number of fused-ring (bicyclic) bond motifs is 5. The Morgan fingerprint density at radius 3 is 2.29 bits per heavy atom. The van der Waals surface area contributed by atoms with Crippen LogP contribution in [0.15, 0.2) is 79.0 Å². The van der Waals surface area contributed by atoms with Gasteiger partial charge in [0, 0.05) is 22.9 Å². The van der Waals surface area contributed by atoms with Crippen LogP contribution in [0.2, 0.25) is 0 Å². The van der Waals surface area contributed by atoms with E-state index in [1.54, 1.807) is 0 Å². The van der Waals surface area contributed by atoms with Crippen LogP contribution in [0.4, 0.5) is 0 Å². The average molecular weight is 406 g/mol. The summed E-state index contributed by atoms with van der Waals surface area (Å²) in [5.41, 5.74) is 9.43. The van der Waals surface area contributed by atoms with E-state index in [0.29, 0.717) is 0 Å². The molecule has 0 spiro atoms. The van der Waals surface area contributed by atoms with Gasteiger partial charge in [0.1, 0.15) is 11.5 Å². The topological polar surface area (TPSA) is 22.1 Å². The van der Waals surface area contributed by atoms with E-state index in [9.17, 15) is 0 Å². The van der Waals surface area contributed by atoms with Gasteiger partial charge in [-0.3, -0.25) is 4.98 Å². The van der Waals surface area contributed by atoms with Gasteiger partial charge in [0.2, 0.25) is 0 Å². The molecule has 1 aliphatic rings. The van der Waals surface area contributed by atoms with Crippen LogP contribution in [0.1, 0.15) is 31.9 Å². The third-order valence-electron chi connectivity index (χ3n) is 5.77. The van der Waals surface area contributed by atoms with Crippen LogP contribution in [0.5, 0.6) is 11.5 Å². The maximum Gasteiger partial charge on any atom is 0.138 e. The van der Waals surface area contributed by atoms with E-state index >= 15 is 0 Å². The average Bonchev–Trinajstić information content (AvgIpc) is 2.88. The van der Waals surface area contributed by atoms with Crippen molar-refractivity contribution in [1.82, 2.24) is 4.98 Å². The molecule has 0 fully saturated rings. The number of ether oxygens (including phenoxy) is 1. The molecule has 31 heavy (non-hydrogen) atoms. The molecule has 4 aromatic rings. The van der Waals surface area contributed by atoms with Gasteiger partial charge in [0.15, 0.2) is 0 Å². The predicted octanol–water partition coefficient (Wildman–Crippen LogP) is 8.09. The first kappa shape index (κ1) is 19.6. The molecular weight excluding hydrogens is 378 g/mol. The summed E-state index contributed by atoms with van der Waals surface area (Å²) in [6.45, 7) is 8.90. The van der Waals surface area contributed by atoms with Gasteiger partial charge in [-0.1, -0.05) is 63.2 Å². The maximum absolute atomic E-state index is 6.48. The molecule has 0 radical (unpaired) electrons. The second-order valence-electron chi connectivity index (χ2n) is 9.60. The Morgan fingerprint density at radius 1 is 0.774 bits per heavy atom. The fourth-order valence-electron chi connectivity index (χ4n) is 4.41. The van der Waals surface area contributed by atoms with Gasteiger partial charge >= 0.3 is 0 Å². The van der Waals surface area contributed by atoms with Gasteiger partial charge in [0.25, 0.3) is 0 Å². The number of aromatic nitrogens is 1. The van der Waals surface area contributed by atoms with Crippen molar-refractivity contribution in [3.63, 3.8) is 0 Å². The first-order chi connectivity index (χ1) is 14.9. The van der Waals surface area contributed by atoms with Crippen molar-refractivity contribution in [3.8, 4) is 45.0 Å². The van der Waals surface area contributed by atoms with Gasteiger partial charge in [-0.05, 0) is 71.3 Å². The lowest BCUT2D eigenvalue weighted by atomic mass is 9.88. The lowest BCUT2D eigenvalue weighted by Gasteiger charge is -2.18. The molecule has 0 saturated carbocycles. The molecule has 3 aromatic carbocycles. The first-order valence-corrected chi connectivity index (χ1v) is 10.9. The number of pyridine rings is 1. The quantitative estimate of drug-likeness (QED) is 0.296. The van der Waals surface area contributed by atoms with Crippen molar-refractivity contribution in [2.24, 2.45) is 5.41 Å². The molecule has 0 atom stereocenters. The predicted molar refractivity (Wildman–Crippen MR) is 129 cm³/mol. The van der Waals surface area contributed by atoms with E-state index < -0.39 is 0 Å². The zero-order chi connectivity index (χ0) is 21.6. The molecule has 0 N–H and O–H groups in total. The number of hydrogen-bond donors (Lipinski definition) is 0. The van der Waals surface area contributed by atoms with Crippen molar-refractivity contribution < 1.29 is 4.74 Å². The molecule has 2 heteroatoms. The molecule has 0 saturated heterocycles. The number of nitrogens with zero attached hydrogens (tertiary/aromatic N) is 1. The summed E-state index contributed by atoms with van der Waals surface area (Å²) in [6, 6.07) is 25.7. The fourth-order valence-corrected chi connectivity index (χ4v) is 4.41. The zero-order valence-electron chi connectivity index (χ0n) is 18.6. The molecule has 154 valence electrons. The van der Waals surface area contributed by atoms with Crippen molar-refractivity contribution in [2.45, 2.75) is 34.1 Å². The minimum atomic E-state index is 0.239. The Morgan fingerprint density at radius 2 is 1.52 bits per heavy atom. The van der Waals surface area contributed by atoms with E-state index in [1.165, 1.54) is 16.7 Å². The van der Waals surface area contributed by atoms with Gasteiger partial charge in [-0.25, -0.2) is 0 Å². The highest BCUT2D eigenvalue weighted by molar-refractivity contribution is 5.92. The summed E-state index contributed by atoms with van der Waals surface area (Å²) in [6.07, 6.45) is 2.94. The highest BCUT2D eigenvalue weighted by Crippen LogP contribution is 2.48. The Bertz CT molecular complexity index is 1280. The fraction of sp³-hybridized carbons (Fsp3) is 0.207. The molecule has 1 aliphatic heterocycles. The van der Waals surface area contributed by atoms with E-state index in [-0.39, 0.29) is 5.41 Å². The van der Waals surface area contributed by atoms with Crippen molar-refractivity contribution in [1.29, 1.82) is 0 Å². The van der Waals surface area contributed by atoms with Gasteiger partial charge < -0.3 is 4.74 Å². The van der Waals surface area contributed by atoms with Gasteiger partial charge in [0.05, 0.1) is 5.69 Å². The highest BCUT2D eigenvalue weighted by Gasteiger charge is 2.22. The highest BCUT2D eigenvalue weighted by atomic mass is 16.5. The van der Waals surface area contributed by atoms with Crippen LogP contribution < -0.4 is 4.74 Å². The number of hydrogen-bond acceptors (Lipinski definition) is 2. The molecule has 5 rings (SSSR count). The smallest absolute Gasteiger partial charge is 0.138 e. The van der Waals surface area contributed by atoms with Crippen LogP contribution >= 0.6 is 0 Å². The SMILES string of the molecule is Cc1cccc2c1Oc1ccc(-c3cc(CC(C)(C)C)ccn3)cc1-c1ccccc1-2. The summed E-state index contributed by atoms with van der Waals surface area (Å²) >= 11 is 0. The monoisotopic (exact) mass is 405 g/mol. The van der Waals surface area contributed by atoms with Gasteiger partial charge in [-0.15, -0.1) is 0 Å². The van der Waals surface area contributed by atoms with Gasteiger partial charge in [-0.2, -0.15) is 0 Å². The van der Waals surface area contributed by atoms with Crippen molar-refractivity contribution in [2.75, 3.05) is 0 Å². The molecular formula is C29H27NO. The standard InChI is InChI=1S/C29H27NO/c1-19-8-7-11-24-22-9-5-6-10-23(22)25-17-21(12-13-27(25)31-28(19)24)26-16-20(14-15-30-26)18-29(2,3)4/h5-17H,18H2,1-4H3. The maximum atomic E-state index is 6.48. The van der Waals surface area contributed by atoms with Crippen LogP contribution in [-0.4, -0.2) is 4.98 Å². The Hall–Kier alpha value is -3.39. The van der Waals surface area contributed by atoms with Crippen LogP contribution in [0.25, 0.3) is 33.5 Å². The van der Waals surface area contributed by atoms with E-state index in [4.69, 9.17) is 4.74 Å². The van der Waals surface area contributed by atoms with Crippen molar-refractivity contribution >= 4 is 0 Å². The summed E-state index contributed by atoms with van der Waals surface area (Å²) in [4.78, 5) is 4.68. The molecule has 2 heterocycles. The summed E-state index contributed by atoms with van der Waals surface area (Å²) in [5, 5.41) is 0. The number of para-hydroxylation sites is 1. The van der Waals surface area contributed by atoms with Crippen LogP contribution in [0, 0.1) is 12.3 Å². The molecule has 1 aromatic heterocycles. The Kier molecular flexibility index (Phi) is 4.66. The number of rotatable bonds is 2. The normalized spacial score (nSPS) is 12.3. The third-order valence-corrected chi connectivity index (χ3v) is 5.77. The molecule has 2 nitrogen and oxygen atoms in total. The lowest BCUT2D eigenvalue weighted by molar-refractivity contribution is 0.411. The zero-order valence-corrected chi connectivity index (χ0v) is 18.6. The third kappa shape index (κ3) is 3.74. The summed E-state index contributed by atoms with van der Waals surface area (Å²) in [7, 11) is 0. The number of aryl methyl sites for hydroxylation is 1. The summed E-state index contributed by atoms with van der Waals surface area (Å²) in [5.74, 6) is 1.82. The van der Waals surface area contributed by atoms with Crippen LogP contribution in [-0.2, 0) is 6.42 Å². The minimum absolute atomic E-state index is 0.239. The molecule has 0 bridgehead atoms. The molecule has 0 unspecified atom stereocenters. The van der Waals surface area contributed by atoms with Crippen LogP contribution in [0.3, 0.4) is 0 Å². The Balaban J connectivity index is 1.66.